The first kappa shape index (κ1) is 12.4. The maximum Gasteiger partial charge on any atom is 0.437 e. The quantitative estimate of drug-likeness (QED) is 0.483. The Hall–Kier alpha value is -1.72. The molecule has 0 fully saturated rings. The van der Waals surface area contributed by atoms with Gasteiger partial charge in [-0.15, -0.1) is 0 Å². The van der Waals surface area contributed by atoms with Crippen LogP contribution in [0, 0.1) is 0 Å². The number of rotatable bonds is 2. The van der Waals surface area contributed by atoms with Crippen molar-refractivity contribution in [2.75, 3.05) is 19.0 Å². The number of oxime groups is 1. The fraction of sp³-hybridized carbons (Fsp3) is 0.300. The van der Waals surface area contributed by atoms with Gasteiger partial charge in [0, 0.05) is 25.3 Å². The average molecular weight is 232 g/mol. The van der Waals surface area contributed by atoms with E-state index in [4.69, 9.17) is 5.21 Å². The highest BCUT2D eigenvalue weighted by molar-refractivity contribution is 6.04. The van der Waals surface area contributed by atoms with Gasteiger partial charge in [0.15, 0.2) is 5.71 Å². The van der Waals surface area contributed by atoms with Crippen molar-refractivity contribution in [1.29, 1.82) is 0 Å². The molecule has 1 rings (SSSR count). The van der Waals surface area contributed by atoms with Gasteiger partial charge in [-0.25, -0.2) is 0 Å². The molecule has 0 unspecified atom stereocenters. The first-order chi connectivity index (χ1) is 7.36. The van der Waals surface area contributed by atoms with Gasteiger partial charge in [0.1, 0.15) is 0 Å². The van der Waals surface area contributed by atoms with Gasteiger partial charge in [-0.2, -0.15) is 13.2 Å². The van der Waals surface area contributed by atoms with Gasteiger partial charge in [0.2, 0.25) is 0 Å². The Kier molecular flexibility index (Phi) is 3.41. The van der Waals surface area contributed by atoms with Crippen molar-refractivity contribution < 1.29 is 18.4 Å². The van der Waals surface area contributed by atoms with Crippen LogP contribution in [0.15, 0.2) is 29.4 Å². The lowest BCUT2D eigenvalue weighted by atomic mass is 10.1. The van der Waals surface area contributed by atoms with Gasteiger partial charge < -0.3 is 10.1 Å². The standard InChI is InChI=1S/C10H11F3N2O/c1-15(2)8-5-3-7(4-6-8)9(14-16)10(11,12)13/h3-6,16H,1-2H3/b14-9-. The van der Waals surface area contributed by atoms with Gasteiger partial charge in [-0.1, -0.05) is 17.3 Å². The summed E-state index contributed by atoms with van der Waals surface area (Å²) < 4.78 is 37.1. The largest absolute Gasteiger partial charge is 0.437 e. The number of anilines is 1. The average Bonchev–Trinajstić information content (AvgIpc) is 2.17. The molecule has 3 nitrogen and oxygen atoms in total. The summed E-state index contributed by atoms with van der Waals surface area (Å²) in [7, 11) is 3.56. The topological polar surface area (TPSA) is 35.8 Å². The summed E-state index contributed by atoms with van der Waals surface area (Å²) in [5, 5.41) is 10.6. The van der Waals surface area contributed by atoms with E-state index in [0.29, 0.717) is 0 Å². The normalized spacial score (nSPS) is 12.7. The third-order valence-electron chi connectivity index (χ3n) is 2.03. The fourth-order valence-corrected chi connectivity index (χ4v) is 1.20. The molecule has 0 amide bonds. The van der Waals surface area contributed by atoms with Gasteiger partial charge in [0.05, 0.1) is 0 Å². The van der Waals surface area contributed by atoms with E-state index < -0.39 is 11.9 Å². The molecule has 1 aromatic carbocycles. The Morgan fingerprint density at radius 1 is 1.19 bits per heavy atom. The van der Waals surface area contributed by atoms with Crippen LogP contribution in [0.5, 0.6) is 0 Å². The molecule has 88 valence electrons. The molecule has 0 heterocycles. The highest BCUT2D eigenvalue weighted by Gasteiger charge is 2.37. The summed E-state index contributed by atoms with van der Waals surface area (Å²) in [5.41, 5.74) is -0.693. The zero-order valence-corrected chi connectivity index (χ0v) is 8.78. The van der Waals surface area contributed by atoms with Crippen molar-refractivity contribution in [2.45, 2.75) is 6.18 Å². The zero-order valence-electron chi connectivity index (χ0n) is 8.78. The minimum absolute atomic E-state index is 0.166. The summed E-state index contributed by atoms with van der Waals surface area (Å²) in [6, 6.07) is 5.56. The van der Waals surface area contributed by atoms with Crippen LogP contribution in [0.1, 0.15) is 5.56 Å². The van der Waals surface area contributed by atoms with Crippen molar-refractivity contribution in [3.05, 3.63) is 29.8 Å². The molecule has 1 aromatic rings. The van der Waals surface area contributed by atoms with Crippen LogP contribution in [0.3, 0.4) is 0 Å². The van der Waals surface area contributed by atoms with Crippen LogP contribution in [0.4, 0.5) is 18.9 Å². The summed E-state index contributed by atoms with van der Waals surface area (Å²) in [4.78, 5) is 1.76. The Balaban J connectivity index is 3.06. The zero-order chi connectivity index (χ0) is 12.3. The van der Waals surface area contributed by atoms with E-state index in [0.717, 1.165) is 5.69 Å². The smallest absolute Gasteiger partial charge is 0.410 e. The second kappa shape index (κ2) is 4.42. The Bertz CT molecular complexity index is 382. The molecule has 0 saturated heterocycles. The van der Waals surface area contributed by atoms with Gasteiger partial charge >= 0.3 is 6.18 Å². The van der Waals surface area contributed by atoms with Crippen molar-refractivity contribution in [2.24, 2.45) is 5.16 Å². The lowest BCUT2D eigenvalue weighted by Crippen LogP contribution is -2.24. The molecule has 0 radical (unpaired) electrons. The number of hydrogen-bond acceptors (Lipinski definition) is 3. The Labute approximate surface area is 90.8 Å². The maximum absolute atomic E-state index is 12.4. The summed E-state index contributed by atoms with van der Waals surface area (Å²) in [5.74, 6) is 0. The SMILES string of the molecule is CN(C)c1ccc(/C(=N/O)C(F)(F)F)cc1. The van der Waals surface area contributed by atoms with Crippen molar-refractivity contribution in [3.63, 3.8) is 0 Å². The van der Waals surface area contributed by atoms with E-state index in [9.17, 15) is 13.2 Å². The number of alkyl halides is 3. The van der Waals surface area contributed by atoms with Crippen molar-refractivity contribution >= 4 is 11.4 Å². The highest BCUT2D eigenvalue weighted by Crippen LogP contribution is 2.23. The second-order valence-electron chi connectivity index (χ2n) is 3.39. The first-order valence-corrected chi connectivity index (χ1v) is 4.43. The molecule has 0 aliphatic carbocycles. The molecular formula is C10H11F3N2O. The first-order valence-electron chi connectivity index (χ1n) is 4.43. The van der Waals surface area contributed by atoms with Crippen LogP contribution in [-0.4, -0.2) is 31.2 Å². The van der Waals surface area contributed by atoms with E-state index in [1.54, 1.807) is 19.0 Å². The molecule has 0 bridgehead atoms. The van der Waals surface area contributed by atoms with E-state index in [1.165, 1.54) is 24.3 Å². The number of nitrogens with zero attached hydrogens (tertiary/aromatic N) is 2. The lowest BCUT2D eigenvalue weighted by Gasteiger charge is -2.13. The molecule has 0 aliphatic rings. The van der Waals surface area contributed by atoms with Crippen LogP contribution in [0.25, 0.3) is 0 Å². The molecule has 6 heteroatoms. The Morgan fingerprint density at radius 2 is 1.69 bits per heavy atom. The van der Waals surface area contributed by atoms with E-state index in [1.807, 2.05) is 0 Å². The van der Waals surface area contributed by atoms with Crippen LogP contribution in [-0.2, 0) is 0 Å². The molecule has 0 atom stereocenters. The fourth-order valence-electron chi connectivity index (χ4n) is 1.20. The molecule has 0 spiro atoms. The van der Waals surface area contributed by atoms with Crippen molar-refractivity contribution in [3.8, 4) is 0 Å². The van der Waals surface area contributed by atoms with Crippen LogP contribution in [0.2, 0.25) is 0 Å². The molecular weight excluding hydrogens is 221 g/mol. The summed E-state index contributed by atoms with van der Waals surface area (Å²) >= 11 is 0. The molecule has 0 saturated carbocycles. The minimum atomic E-state index is -4.66. The van der Waals surface area contributed by atoms with Crippen LogP contribution < -0.4 is 4.90 Å². The number of benzene rings is 1. The molecule has 16 heavy (non-hydrogen) atoms. The van der Waals surface area contributed by atoms with Crippen LogP contribution >= 0.6 is 0 Å². The van der Waals surface area contributed by atoms with E-state index in [2.05, 4.69) is 5.16 Å². The second-order valence-corrected chi connectivity index (χ2v) is 3.39. The summed E-state index contributed by atoms with van der Waals surface area (Å²) in [6.45, 7) is 0. The van der Waals surface area contributed by atoms with Gasteiger partial charge in [0.25, 0.3) is 0 Å². The number of halogens is 3. The Morgan fingerprint density at radius 3 is 2.00 bits per heavy atom. The summed E-state index contributed by atoms with van der Waals surface area (Å²) in [6.07, 6.45) is -4.66. The lowest BCUT2D eigenvalue weighted by molar-refractivity contribution is -0.0601. The third-order valence-corrected chi connectivity index (χ3v) is 2.03. The minimum Gasteiger partial charge on any atom is -0.410 e. The van der Waals surface area contributed by atoms with E-state index >= 15 is 0 Å². The van der Waals surface area contributed by atoms with Gasteiger partial charge in [-0.3, -0.25) is 0 Å². The monoisotopic (exact) mass is 232 g/mol. The third kappa shape index (κ3) is 2.65. The predicted octanol–water partition coefficient (Wildman–Crippen LogP) is 2.49. The molecule has 1 N–H and O–H groups in total. The van der Waals surface area contributed by atoms with Gasteiger partial charge in [-0.05, 0) is 12.1 Å². The highest BCUT2D eigenvalue weighted by atomic mass is 19.4. The molecule has 0 aliphatic heterocycles. The number of hydrogen-bond donors (Lipinski definition) is 1. The van der Waals surface area contributed by atoms with E-state index in [-0.39, 0.29) is 5.56 Å². The molecule has 0 aromatic heterocycles. The maximum atomic E-state index is 12.4. The predicted molar refractivity (Wildman–Crippen MR) is 55.1 cm³/mol. The van der Waals surface area contributed by atoms with Crippen molar-refractivity contribution in [1.82, 2.24) is 0 Å².